The lowest BCUT2D eigenvalue weighted by atomic mass is 10.2. The molecular weight excluding hydrogens is 324 g/mol. The molecule has 0 unspecified atom stereocenters. The van der Waals surface area contributed by atoms with Gasteiger partial charge < -0.3 is 5.11 Å². The second-order valence-corrected chi connectivity index (χ2v) is 5.47. The predicted molar refractivity (Wildman–Crippen MR) is 94.0 cm³/mol. The number of benzene rings is 1. The van der Waals surface area contributed by atoms with E-state index in [0.29, 0.717) is 12.0 Å². The molecule has 0 bridgehead atoms. The number of unbranched alkanes of at least 4 members (excludes halogenated alkanes) is 1. The summed E-state index contributed by atoms with van der Waals surface area (Å²) in [6, 6.07) is 8.45. The second-order valence-electron chi connectivity index (χ2n) is 5.47. The van der Waals surface area contributed by atoms with Gasteiger partial charge in [0, 0.05) is 12.1 Å². The molecule has 1 amide bonds. The number of carbonyl (C=O) groups excluding carboxylic acids is 1. The Bertz CT molecular complexity index is 897. The van der Waals surface area contributed by atoms with Gasteiger partial charge in [-0.3, -0.25) is 19.1 Å². The van der Waals surface area contributed by atoms with Crippen molar-refractivity contribution in [3.8, 4) is 5.88 Å². The fourth-order valence-electron chi connectivity index (χ4n) is 2.25. The number of aromatic amines is 1. The standard InChI is InChI=1S/C17H20N4O4/c1-3-4-10-21-16(24)13(15(23)18-17(21)25)11(2)19-20-14(22)12-8-6-5-7-9-12/h5-9,24H,3-4,10H2,1-2H3,(H,20,22)(H,18,23,25)/b19-11+. The fraction of sp³-hybridized carbons (Fsp3) is 0.294. The Balaban J connectivity index is 2.32. The molecule has 8 heteroatoms. The molecule has 2 aromatic rings. The van der Waals surface area contributed by atoms with Gasteiger partial charge in [0.1, 0.15) is 5.56 Å². The molecular formula is C17H20N4O4. The van der Waals surface area contributed by atoms with Crippen molar-refractivity contribution in [3.05, 3.63) is 62.3 Å². The first-order valence-corrected chi connectivity index (χ1v) is 7.91. The van der Waals surface area contributed by atoms with Gasteiger partial charge in [-0.05, 0) is 25.5 Å². The molecule has 3 N–H and O–H groups in total. The predicted octanol–water partition coefficient (Wildman–Crippen LogP) is 1.20. The quantitative estimate of drug-likeness (QED) is 0.539. The molecule has 1 heterocycles. The van der Waals surface area contributed by atoms with Crippen LogP contribution in [0.25, 0.3) is 0 Å². The SMILES string of the molecule is CCCCn1c(O)c(/C(C)=N/NC(=O)c2ccccc2)c(=O)[nH]c1=O. The van der Waals surface area contributed by atoms with Gasteiger partial charge in [-0.25, -0.2) is 10.2 Å². The van der Waals surface area contributed by atoms with Crippen LogP contribution >= 0.6 is 0 Å². The number of H-pyrrole nitrogens is 1. The number of hydrogen-bond acceptors (Lipinski definition) is 5. The van der Waals surface area contributed by atoms with Gasteiger partial charge in [-0.1, -0.05) is 31.5 Å². The summed E-state index contributed by atoms with van der Waals surface area (Å²) in [7, 11) is 0. The molecule has 25 heavy (non-hydrogen) atoms. The van der Waals surface area contributed by atoms with Crippen molar-refractivity contribution in [1.82, 2.24) is 15.0 Å². The van der Waals surface area contributed by atoms with Crippen molar-refractivity contribution in [2.24, 2.45) is 5.10 Å². The van der Waals surface area contributed by atoms with Crippen LogP contribution < -0.4 is 16.7 Å². The van der Waals surface area contributed by atoms with E-state index < -0.39 is 23.0 Å². The highest BCUT2D eigenvalue weighted by Gasteiger charge is 2.17. The maximum atomic E-state index is 12.0. The maximum Gasteiger partial charge on any atom is 0.331 e. The number of nitrogens with zero attached hydrogens (tertiary/aromatic N) is 2. The minimum Gasteiger partial charge on any atom is -0.494 e. The zero-order valence-corrected chi connectivity index (χ0v) is 14.1. The molecule has 8 nitrogen and oxygen atoms in total. The van der Waals surface area contributed by atoms with Crippen LogP contribution in [0.5, 0.6) is 5.88 Å². The number of hydrazone groups is 1. The van der Waals surface area contributed by atoms with Crippen LogP contribution in [0.15, 0.2) is 45.0 Å². The Morgan fingerprint density at radius 2 is 1.96 bits per heavy atom. The summed E-state index contributed by atoms with van der Waals surface area (Å²) in [6.45, 7) is 3.68. The van der Waals surface area contributed by atoms with E-state index in [1.165, 1.54) is 6.92 Å². The van der Waals surface area contributed by atoms with Gasteiger partial charge in [0.25, 0.3) is 11.5 Å². The first kappa shape index (κ1) is 18.2. The first-order valence-electron chi connectivity index (χ1n) is 7.91. The smallest absolute Gasteiger partial charge is 0.331 e. The third kappa shape index (κ3) is 4.23. The summed E-state index contributed by atoms with van der Waals surface area (Å²) in [6.07, 6.45) is 1.49. The molecule has 132 valence electrons. The van der Waals surface area contributed by atoms with Crippen molar-refractivity contribution in [2.75, 3.05) is 0 Å². The summed E-state index contributed by atoms with van der Waals surface area (Å²) >= 11 is 0. The van der Waals surface area contributed by atoms with Crippen LogP contribution in [0.1, 0.15) is 42.6 Å². The van der Waals surface area contributed by atoms with E-state index in [2.05, 4.69) is 15.5 Å². The lowest BCUT2D eigenvalue weighted by Gasteiger charge is -2.10. The summed E-state index contributed by atoms with van der Waals surface area (Å²) in [5.41, 5.74) is 1.24. The molecule has 2 rings (SSSR count). The minimum atomic E-state index is -0.759. The van der Waals surface area contributed by atoms with Crippen molar-refractivity contribution in [3.63, 3.8) is 0 Å². The van der Waals surface area contributed by atoms with E-state index in [9.17, 15) is 19.5 Å². The topological polar surface area (TPSA) is 117 Å². The molecule has 0 saturated heterocycles. The third-order valence-electron chi connectivity index (χ3n) is 3.63. The molecule has 0 fully saturated rings. The maximum absolute atomic E-state index is 12.0. The number of nitrogens with one attached hydrogen (secondary N) is 2. The molecule has 0 radical (unpaired) electrons. The van der Waals surface area contributed by atoms with Gasteiger partial charge in [-0.15, -0.1) is 0 Å². The van der Waals surface area contributed by atoms with E-state index in [0.717, 1.165) is 11.0 Å². The van der Waals surface area contributed by atoms with E-state index >= 15 is 0 Å². The first-order chi connectivity index (χ1) is 12.0. The van der Waals surface area contributed by atoms with Crippen molar-refractivity contribution >= 4 is 11.6 Å². The third-order valence-corrected chi connectivity index (χ3v) is 3.63. The average molecular weight is 344 g/mol. The lowest BCUT2D eigenvalue weighted by molar-refractivity contribution is 0.0955. The molecule has 0 aliphatic carbocycles. The number of amides is 1. The van der Waals surface area contributed by atoms with Crippen molar-refractivity contribution in [2.45, 2.75) is 33.2 Å². The molecule has 0 saturated carbocycles. The Hall–Kier alpha value is -3.16. The number of aromatic hydroxyl groups is 1. The Morgan fingerprint density at radius 1 is 1.28 bits per heavy atom. The highest BCUT2D eigenvalue weighted by molar-refractivity contribution is 6.02. The van der Waals surface area contributed by atoms with E-state index in [-0.39, 0.29) is 17.8 Å². The Morgan fingerprint density at radius 3 is 2.60 bits per heavy atom. The normalized spacial score (nSPS) is 11.4. The van der Waals surface area contributed by atoms with Crippen LogP contribution in [0.4, 0.5) is 0 Å². The van der Waals surface area contributed by atoms with Crippen molar-refractivity contribution in [1.29, 1.82) is 0 Å². The number of aromatic nitrogens is 2. The van der Waals surface area contributed by atoms with Gasteiger partial charge in [0.05, 0.1) is 5.71 Å². The van der Waals surface area contributed by atoms with Crippen LogP contribution in [0.3, 0.4) is 0 Å². The largest absolute Gasteiger partial charge is 0.494 e. The van der Waals surface area contributed by atoms with Crippen LogP contribution in [0.2, 0.25) is 0 Å². The summed E-state index contributed by atoms with van der Waals surface area (Å²) < 4.78 is 1.08. The monoisotopic (exact) mass is 344 g/mol. The molecule has 0 aliphatic rings. The summed E-state index contributed by atoms with van der Waals surface area (Å²) in [4.78, 5) is 38.0. The molecule has 1 aromatic heterocycles. The van der Waals surface area contributed by atoms with Crippen molar-refractivity contribution < 1.29 is 9.90 Å². The highest BCUT2D eigenvalue weighted by Crippen LogP contribution is 2.12. The van der Waals surface area contributed by atoms with Gasteiger partial charge in [0.2, 0.25) is 5.88 Å². The zero-order chi connectivity index (χ0) is 18.4. The number of rotatable bonds is 6. The van der Waals surface area contributed by atoms with Gasteiger partial charge >= 0.3 is 5.69 Å². The number of hydrogen-bond donors (Lipinski definition) is 3. The second kappa shape index (κ2) is 8.09. The van der Waals surface area contributed by atoms with E-state index in [4.69, 9.17) is 0 Å². The average Bonchev–Trinajstić information content (AvgIpc) is 2.60. The molecule has 0 atom stereocenters. The van der Waals surface area contributed by atoms with Gasteiger partial charge in [-0.2, -0.15) is 5.10 Å². The van der Waals surface area contributed by atoms with Crippen LogP contribution in [0, 0.1) is 0 Å². The minimum absolute atomic E-state index is 0.0910. The number of carbonyl (C=O) groups is 1. The van der Waals surface area contributed by atoms with Crippen LogP contribution in [-0.4, -0.2) is 26.3 Å². The zero-order valence-electron chi connectivity index (χ0n) is 14.1. The van der Waals surface area contributed by atoms with E-state index in [1.54, 1.807) is 30.3 Å². The molecule has 1 aromatic carbocycles. The highest BCUT2D eigenvalue weighted by atomic mass is 16.3. The van der Waals surface area contributed by atoms with Gasteiger partial charge in [0.15, 0.2) is 0 Å². The Labute approximate surface area is 143 Å². The molecule has 0 aliphatic heterocycles. The van der Waals surface area contributed by atoms with E-state index in [1.807, 2.05) is 6.92 Å². The Kier molecular flexibility index (Phi) is 5.89. The molecule has 0 spiro atoms. The van der Waals surface area contributed by atoms with Crippen LogP contribution in [-0.2, 0) is 6.54 Å². The summed E-state index contributed by atoms with van der Waals surface area (Å²) in [5.74, 6) is -0.910. The summed E-state index contributed by atoms with van der Waals surface area (Å²) in [5, 5.41) is 14.1. The fourth-order valence-corrected chi connectivity index (χ4v) is 2.25. The lowest BCUT2D eigenvalue weighted by Crippen LogP contribution is -2.34.